The van der Waals surface area contributed by atoms with Crippen molar-refractivity contribution < 1.29 is 0 Å². The minimum absolute atomic E-state index is 0.503. The van der Waals surface area contributed by atoms with Crippen molar-refractivity contribution in [2.75, 3.05) is 0 Å². The molecular formula is C19H20Se. The molecule has 0 aromatic heterocycles. The van der Waals surface area contributed by atoms with Crippen molar-refractivity contribution in [3.63, 3.8) is 0 Å². The van der Waals surface area contributed by atoms with Crippen molar-refractivity contribution in [2.45, 2.75) is 25.1 Å². The van der Waals surface area contributed by atoms with Crippen LogP contribution < -0.4 is 0 Å². The molecule has 0 N–H and O–H groups in total. The summed E-state index contributed by atoms with van der Waals surface area (Å²) in [5.74, 6) is 0. The van der Waals surface area contributed by atoms with Gasteiger partial charge in [-0.1, -0.05) is 0 Å². The van der Waals surface area contributed by atoms with Crippen LogP contribution in [0.2, 0.25) is 5.32 Å². The maximum atomic E-state index is 3.53. The summed E-state index contributed by atoms with van der Waals surface area (Å²) in [5.41, 5.74) is 6.06. The van der Waals surface area contributed by atoms with Gasteiger partial charge < -0.3 is 0 Å². The molecule has 0 radical (unpaired) electrons. The first kappa shape index (κ1) is 14.9. The van der Waals surface area contributed by atoms with Gasteiger partial charge in [-0.25, -0.2) is 0 Å². The molecule has 102 valence electrons. The van der Waals surface area contributed by atoms with Gasteiger partial charge in [0.1, 0.15) is 0 Å². The predicted octanol–water partition coefficient (Wildman–Crippen LogP) is 5.26. The van der Waals surface area contributed by atoms with Gasteiger partial charge in [0, 0.05) is 0 Å². The molecule has 0 heterocycles. The van der Waals surface area contributed by atoms with Gasteiger partial charge in [-0.3, -0.25) is 0 Å². The summed E-state index contributed by atoms with van der Waals surface area (Å²) in [4.78, 5) is 0. The van der Waals surface area contributed by atoms with Crippen LogP contribution in [0.15, 0.2) is 66.4 Å². The van der Waals surface area contributed by atoms with Crippen molar-refractivity contribution in [3.8, 4) is 0 Å². The van der Waals surface area contributed by atoms with E-state index in [1.165, 1.54) is 33.8 Å². The van der Waals surface area contributed by atoms with Crippen LogP contribution >= 0.6 is 0 Å². The van der Waals surface area contributed by atoms with Crippen LogP contribution in [0.25, 0.3) is 10.5 Å². The van der Waals surface area contributed by atoms with Gasteiger partial charge in [0.25, 0.3) is 0 Å². The van der Waals surface area contributed by atoms with Crippen LogP contribution in [-0.2, 0) is 0 Å². The monoisotopic (exact) mass is 328 g/mol. The first-order chi connectivity index (χ1) is 9.90. The Morgan fingerprint density at radius 2 is 1.65 bits per heavy atom. The summed E-state index contributed by atoms with van der Waals surface area (Å²) in [6.45, 7) is 2.25. The third-order valence-electron chi connectivity index (χ3n) is 2.95. The van der Waals surface area contributed by atoms with E-state index in [0.29, 0.717) is 15.0 Å². The molecule has 0 bridgehead atoms. The van der Waals surface area contributed by atoms with Gasteiger partial charge in [0.2, 0.25) is 0 Å². The third kappa shape index (κ3) is 4.87. The van der Waals surface area contributed by atoms with Crippen LogP contribution in [0.4, 0.5) is 0 Å². The number of hydrogen-bond acceptors (Lipinski definition) is 0. The van der Waals surface area contributed by atoms with E-state index >= 15 is 0 Å². The van der Waals surface area contributed by atoms with E-state index in [1.54, 1.807) is 0 Å². The van der Waals surface area contributed by atoms with E-state index in [4.69, 9.17) is 0 Å². The number of rotatable bonds is 6. The van der Waals surface area contributed by atoms with Gasteiger partial charge in [0.15, 0.2) is 0 Å². The molecule has 2 aromatic carbocycles. The third-order valence-corrected chi connectivity index (χ3v) is 5.33. The molecule has 2 aromatic rings. The van der Waals surface area contributed by atoms with E-state index < -0.39 is 0 Å². The zero-order valence-electron chi connectivity index (χ0n) is 11.9. The van der Waals surface area contributed by atoms with Gasteiger partial charge in [-0.15, -0.1) is 0 Å². The first-order valence-corrected chi connectivity index (χ1v) is 9.17. The van der Waals surface area contributed by atoms with Gasteiger partial charge in [0.05, 0.1) is 0 Å². The van der Waals surface area contributed by atoms with Crippen molar-refractivity contribution in [1.82, 2.24) is 0 Å². The van der Waals surface area contributed by atoms with E-state index in [1.807, 2.05) is 6.07 Å². The summed E-state index contributed by atoms with van der Waals surface area (Å²) in [6.07, 6.45) is 4.69. The van der Waals surface area contributed by atoms with Gasteiger partial charge in [-0.2, -0.15) is 0 Å². The standard InChI is InChI=1S/C19H20Se/c1-2-3-16-20-19(18-12-8-5-9-13-18)15-14-17-10-6-4-7-11-17/h4-14H,2-3,16H2,1H3. The number of hydrogen-bond donors (Lipinski definition) is 0. The van der Waals surface area contributed by atoms with Crippen molar-refractivity contribution in [1.29, 1.82) is 0 Å². The molecule has 0 saturated carbocycles. The molecular weight excluding hydrogens is 307 g/mol. The Kier molecular flexibility index (Phi) is 6.41. The minimum atomic E-state index is 0.503. The van der Waals surface area contributed by atoms with Gasteiger partial charge >= 0.3 is 128 Å². The summed E-state index contributed by atoms with van der Waals surface area (Å²) in [5, 5.41) is 1.29. The molecule has 0 fully saturated rings. The Hall–Kier alpha value is -1.52. The van der Waals surface area contributed by atoms with E-state index in [2.05, 4.69) is 73.3 Å². The second-order valence-electron chi connectivity index (χ2n) is 4.60. The molecule has 2 rings (SSSR count). The quantitative estimate of drug-likeness (QED) is 0.385. The maximum absolute atomic E-state index is 3.53. The molecule has 0 aliphatic carbocycles. The molecule has 20 heavy (non-hydrogen) atoms. The van der Waals surface area contributed by atoms with E-state index in [9.17, 15) is 0 Å². The molecule has 0 nitrogen and oxygen atoms in total. The van der Waals surface area contributed by atoms with Crippen LogP contribution in [0.3, 0.4) is 0 Å². The fourth-order valence-corrected chi connectivity index (χ4v) is 4.08. The van der Waals surface area contributed by atoms with Crippen LogP contribution in [0.5, 0.6) is 0 Å². The fraction of sp³-hybridized carbons (Fsp3) is 0.211. The Morgan fingerprint density at radius 1 is 1.00 bits per heavy atom. The van der Waals surface area contributed by atoms with Crippen LogP contribution in [0, 0.1) is 0 Å². The second kappa shape index (κ2) is 8.61. The Labute approximate surface area is 128 Å². The number of benzene rings is 2. The van der Waals surface area contributed by atoms with E-state index in [-0.39, 0.29) is 0 Å². The molecule has 1 heteroatoms. The van der Waals surface area contributed by atoms with Crippen molar-refractivity contribution >= 4 is 25.5 Å². The summed E-state index contributed by atoms with van der Waals surface area (Å²) in [6, 6.07) is 21.1. The topological polar surface area (TPSA) is 0 Å². The predicted molar refractivity (Wildman–Crippen MR) is 89.7 cm³/mol. The van der Waals surface area contributed by atoms with Crippen molar-refractivity contribution in [3.05, 3.63) is 77.5 Å². The molecule has 0 aliphatic heterocycles. The first-order valence-electron chi connectivity index (χ1n) is 7.10. The molecule has 0 atom stereocenters. The Bertz CT molecular complexity index is 563. The average Bonchev–Trinajstić information content (AvgIpc) is 2.52. The zero-order chi connectivity index (χ0) is 14.0. The SMILES string of the molecule is CCCC[Se]C(=C=Cc1ccccc1)c1ccccc1. The zero-order valence-corrected chi connectivity index (χ0v) is 13.6. The van der Waals surface area contributed by atoms with Gasteiger partial charge in [-0.05, 0) is 0 Å². The van der Waals surface area contributed by atoms with Crippen LogP contribution in [-0.4, -0.2) is 15.0 Å². The number of unbranched alkanes of at least 4 members (excludes halogenated alkanes) is 1. The van der Waals surface area contributed by atoms with E-state index in [0.717, 1.165) is 0 Å². The summed E-state index contributed by atoms with van der Waals surface area (Å²) in [7, 11) is 0. The average molecular weight is 327 g/mol. The van der Waals surface area contributed by atoms with Crippen LogP contribution in [0.1, 0.15) is 30.9 Å². The Morgan fingerprint density at radius 3 is 2.30 bits per heavy atom. The fourth-order valence-electron chi connectivity index (χ4n) is 1.81. The van der Waals surface area contributed by atoms with Crippen molar-refractivity contribution in [2.24, 2.45) is 0 Å². The summed E-state index contributed by atoms with van der Waals surface area (Å²) < 4.78 is 1.37. The molecule has 0 aliphatic rings. The summed E-state index contributed by atoms with van der Waals surface area (Å²) >= 11 is 0.503. The molecule has 0 spiro atoms. The molecule has 0 amide bonds. The molecule has 0 unspecified atom stereocenters. The molecule has 0 saturated heterocycles. The second-order valence-corrected chi connectivity index (χ2v) is 6.92. The Balaban J connectivity index is 2.24. The normalized spacial score (nSPS) is 9.85.